The van der Waals surface area contributed by atoms with Gasteiger partial charge in [0.25, 0.3) is 0 Å². The fourth-order valence-electron chi connectivity index (χ4n) is 1.49. The highest BCUT2D eigenvalue weighted by atomic mass is 35.5. The summed E-state index contributed by atoms with van der Waals surface area (Å²) < 4.78 is 18.4. The summed E-state index contributed by atoms with van der Waals surface area (Å²) in [6.07, 6.45) is -1.38. The number of benzene rings is 1. The van der Waals surface area contributed by atoms with Gasteiger partial charge in [-0.05, 0) is 24.3 Å². The van der Waals surface area contributed by atoms with E-state index < -0.39 is 17.9 Å². The van der Waals surface area contributed by atoms with Crippen LogP contribution in [-0.4, -0.2) is 16.2 Å². The van der Waals surface area contributed by atoms with E-state index in [4.69, 9.17) is 21.1 Å². The molecule has 2 aromatic rings. The van der Waals surface area contributed by atoms with Gasteiger partial charge in [-0.25, -0.2) is 9.18 Å². The molecule has 1 aromatic heterocycles. The first kappa shape index (κ1) is 12.6. The van der Waals surface area contributed by atoms with Gasteiger partial charge in [-0.1, -0.05) is 17.7 Å². The van der Waals surface area contributed by atoms with Gasteiger partial charge in [0.2, 0.25) is 5.76 Å². The van der Waals surface area contributed by atoms with Crippen molar-refractivity contribution in [2.45, 2.75) is 6.10 Å². The molecule has 0 spiro atoms. The first-order chi connectivity index (χ1) is 8.49. The van der Waals surface area contributed by atoms with E-state index in [1.807, 2.05) is 0 Å². The first-order valence-corrected chi connectivity index (χ1v) is 5.33. The van der Waals surface area contributed by atoms with Crippen molar-refractivity contribution in [2.24, 2.45) is 0 Å². The van der Waals surface area contributed by atoms with Gasteiger partial charge in [-0.2, -0.15) is 0 Å². The predicted octanol–water partition coefficient (Wildman–Crippen LogP) is 2.85. The van der Waals surface area contributed by atoms with Crippen molar-refractivity contribution in [2.75, 3.05) is 0 Å². The Morgan fingerprint density at radius 3 is 2.61 bits per heavy atom. The summed E-state index contributed by atoms with van der Waals surface area (Å²) in [4.78, 5) is 10.6. The molecule has 2 rings (SSSR count). The van der Waals surface area contributed by atoms with Crippen LogP contribution in [0.3, 0.4) is 0 Å². The van der Waals surface area contributed by atoms with Crippen molar-refractivity contribution >= 4 is 17.6 Å². The zero-order chi connectivity index (χ0) is 13.3. The number of carboxylic acid groups (broad SMARTS) is 1. The Labute approximate surface area is 106 Å². The smallest absolute Gasteiger partial charge is 0.371 e. The van der Waals surface area contributed by atoms with Gasteiger partial charge < -0.3 is 14.6 Å². The summed E-state index contributed by atoms with van der Waals surface area (Å²) in [5.74, 6) is -2.32. The minimum Gasteiger partial charge on any atom is -0.475 e. The molecule has 0 saturated carbocycles. The minimum atomic E-state index is -1.38. The number of carbonyl (C=O) groups is 1. The van der Waals surface area contributed by atoms with Crippen LogP contribution in [-0.2, 0) is 0 Å². The largest absolute Gasteiger partial charge is 0.475 e. The Hall–Kier alpha value is -1.85. The summed E-state index contributed by atoms with van der Waals surface area (Å²) >= 11 is 5.59. The van der Waals surface area contributed by atoms with Crippen LogP contribution in [0.4, 0.5) is 4.39 Å². The normalized spacial score (nSPS) is 12.4. The number of rotatable bonds is 3. The number of aliphatic hydroxyl groups is 1. The average Bonchev–Trinajstić information content (AvgIpc) is 2.77. The van der Waals surface area contributed by atoms with Gasteiger partial charge in [0.05, 0.1) is 0 Å². The molecule has 0 fully saturated rings. The highest BCUT2D eigenvalue weighted by Gasteiger charge is 2.20. The van der Waals surface area contributed by atoms with Crippen molar-refractivity contribution in [3.63, 3.8) is 0 Å². The maximum Gasteiger partial charge on any atom is 0.371 e. The number of aromatic carboxylic acids is 1. The fourth-order valence-corrected chi connectivity index (χ4v) is 1.65. The molecule has 1 aromatic carbocycles. The molecular formula is C12H8ClFO4. The molecular weight excluding hydrogens is 263 g/mol. The lowest BCUT2D eigenvalue weighted by Gasteiger charge is -2.09. The van der Waals surface area contributed by atoms with E-state index in [-0.39, 0.29) is 22.1 Å². The molecule has 0 radical (unpaired) electrons. The molecule has 1 heterocycles. The van der Waals surface area contributed by atoms with E-state index in [1.54, 1.807) is 0 Å². The summed E-state index contributed by atoms with van der Waals surface area (Å²) in [7, 11) is 0. The number of hydrogen-bond acceptors (Lipinski definition) is 3. The Morgan fingerprint density at radius 2 is 2.06 bits per heavy atom. The SMILES string of the molecule is O=C(O)c1ccc(C(O)c2ccc(Cl)cc2F)o1. The second kappa shape index (κ2) is 4.80. The lowest BCUT2D eigenvalue weighted by Crippen LogP contribution is -2.01. The molecule has 1 unspecified atom stereocenters. The lowest BCUT2D eigenvalue weighted by atomic mass is 10.1. The maximum absolute atomic E-state index is 13.5. The number of furan rings is 1. The predicted molar refractivity (Wildman–Crippen MR) is 61.1 cm³/mol. The third-order valence-electron chi connectivity index (χ3n) is 2.36. The van der Waals surface area contributed by atoms with Crippen LogP contribution in [0.5, 0.6) is 0 Å². The van der Waals surface area contributed by atoms with E-state index in [2.05, 4.69) is 0 Å². The van der Waals surface area contributed by atoms with Crippen LogP contribution < -0.4 is 0 Å². The third kappa shape index (κ3) is 2.37. The molecule has 0 aliphatic rings. The van der Waals surface area contributed by atoms with E-state index in [0.29, 0.717) is 0 Å². The van der Waals surface area contributed by atoms with Gasteiger partial charge >= 0.3 is 5.97 Å². The zero-order valence-corrected chi connectivity index (χ0v) is 9.69. The molecule has 0 amide bonds. The van der Waals surface area contributed by atoms with Crippen molar-refractivity contribution in [1.82, 2.24) is 0 Å². The fraction of sp³-hybridized carbons (Fsp3) is 0.0833. The summed E-state index contributed by atoms with van der Waals surface area (Å²) in [6, 6.07) is 6.26. The molecule has 6 heteroatoms. The van der Waals surface area contributed by atoms with Crippen molar-refractivity contribution < 1.29 is 23.8 Å². The van der Waals surface area contributed by atoms with Gasteiger partial charge in [0, 0.05) is 10.6 Å². The molecule has 4 nitrogen and oxygen atoms in total. The minimum absolute atomic E-state index is 0.0364. The second-order valence-electron chi connectivity index (χ2n) is 3.58. The molecule has 18 heavy (non-hydrogen) atoms. The van der Waals surface area contributed by atoms with Gasteiger partial charge in [0.1, 0.15) is 17.7 Å². The molecule has 0 aliphatic carbocycles. The molecule has 2 N–H and O–H groups in total. The average molecular weight is 271 g/mol. The van der Waals surface area contributed by atoms with Gasteiger partial charge in [-0.15, -0.1) is 0 Å². The highest BCUT2D eigenvalue weighted by molar-refractivity contribution is 6.30. The summed E-state index contributed by atoms with van der Waals surface area (Å²) in [5.41, 5.74) is -0.0364. The first-order valence-electron chi connectivity index (χ1n) is 4.95. The zero-order valence-electron chi connectivity index (χ0n) is 8.93. The lowest BCUT2D eigenvalue weighted by molar-refractivity contribution is 0.0655. The van der Waals surface area contributed by atoms with Crippen LogP contribution in [0, 0.1) is 5.82 Å². The Kier molecular flexibility index (Phi) is 3.36. The van der Waals surface area contributed by atoms with E-state index in [1.165, 1.54) is 24.3 Å². The molecule has 1 atom stereocenters. The van der Waals surface area contributed by atoms with E-state index >= 15 is 0 Å². The maximum atomic E-state index is 13.5. The van der Waals surface area contributed by atoms with Crippen molar-refractivity contribution in [1.29, 1.82) is 0 Å². The van der Waals surface area contributed by atoms with E-state index in [0.717, 1.165) is 6.07 Å². The number of hydrogen-bond donors (Lipinski definition) is 2. The second-order valence-corrected chi connectivity index (χ2v) is 4.01. The van der Waals surface area contributed by atoms with Crippen LogP contribution >= 0.6 is 11.6 Å². The van der Waals surface area contributed by atoms with Crippen LogP contribution in [0.1, 0.15) is 28.0 Å². The van der Waals surface area contributed by atoms with Crippen molar-refractivity contribution in [3.05, 3.63) is 58.3 Å². The summed E-state index contributed by atoms with van der Waals surface area (Å²) in [5, 5.41) is 18.8. The molecule has 94 valence electrons. The third-order valence-corrected chi connectivity index (χ3v) is 2.60. The van der Waals surface area contributed by atoms with E-state index in [9.17, 15) is 14.3 Å². The van der Waals surface area contributed by atoms with Crippen LogP contribution in [0.2, 0.25) is 5.02 Å². The van der Waals surface area contributed by atoms with Gasteiger partial charge in [-0.3, -0.25) is 0 Å². The molecule has 0 saturated heterocycles. The highest BCUT2D eigenvalue weighted by Crippen LogP contribution is 2.27. The Balaban J connectivity index is 2.35. The molecule has 0 aliphatic heterocycles. The quantitative estimate of drug-likeness (QED) is 0.900. The Bertz CT molecular complexity index is 594. The monoisotopic (exact) mass is 270 g/mol. The number of halogens is 2. The van der Waals surface area contributed by atoms with Crippen molar-refractivity contribution in [3.8, 4) is 0 Å². The van der Waals surface area contributed by atoms with Crippen LogP contribution in [0.15, 0.2) is 34.7 Å². The topological polar surface area (TPSA) is 70.7 Å². The number of carboxylic acids is 1. The van der Waals surface area contributed by atoms with Gasteiger partial charge in [0.15, 0.2) is 0 Å². The summed E-state index contributed by atoms with van der Waals surface area (Å²) in [6.45, 7) is 0. The van der Waals surface area contributed by atoms with Crippen LogP contribution in [0.25, 0.3) is 0 Å². The molecule has 0 bridgehead atoms. The standard InChI is InChI=1S/C12H8ClFO4/c13-6-1-2-7(8(14)5-6)11(15)9-3-4-10(18-9)12(16)17/h1-5,11,15H,(H,16,17). The number of aliphatic hydroxyl groups excluding tert-OH is 1. The Morgan fingerprint density at radius 1 is 1.33 bits per heavy atom.